The van der Waals surface area contributed by atoms with E-state index in [2.05, 4.69) is 11.0 Å². The van der Waals surface area contributed by atoms with Crippen LogP contribution in [0.15, 0.2) is 23.4 Å². The zero-order valence-electron chi connectivity index (χ0n) is 13.1. The van der Waals surface area contributed by atoms with Crippen molar-refractivity contribution < 1.29 is 14.4 Å². The molecule has 0 aliphatic carbocycles. The van der Waals surface area contributed by atoms with E-state index in [0.717, 1.165) is 12.0 Å². The molecule has 0 saturated heterocycles. The minimum atomic E-state index is -0.390. The van der Waals surface area contributed by atoms with Gasteiger partial charge in [-0.25, -0.2) is 4.79 Å². The first kappa shape index (κ1) is 21.8. The number of carbonyl (C=O) groups excluding carboxylic acids is 1. The summed E-state index contributed by atoms with van der Waals surface area (Å²) < 4.78 is 5.00. The number of carbonyl (C=O) groups is 1. The lowest BCUT2D eigenvalue weighted by molar-refractivity contribution is 0.0526. The van der Waals surface area contributed by atoms with Crippen molar-refractivity contribution in [2.45, 2.75) is 26.7 Å². The summed E-state index contributed by atoms with van der Waals surface area (Å²) in [4.78, 5) is 16.8. The highest BCUT2D eigenvalue weighted by Crippen LogP contribution is 2.27. The second kappa shape index (κ2) is 12.3. The van der Waals surface area contributed by atoms with Crippen molar-refractivity contribution in [2.24, 2.45) is 5.16 Å². The number of ether oxygens (including phenoxy) is 1. The Morgan fingerprint density at radius 1 is 1.30 bits per heavy atom. The largest absolute Gasteiger partial charge is 0.462 e. The minimum absolute atomic E-state index is 0. The van der Waals surface area contributed by atoms with E-state index in [1.54, 1.807) is 25.1 Å². The molecule has 7 heteroatoms. The van der Waals surface area contributed by atoms with Crippen molar-refractivity contribution in [3.8, 4) is 0 Å². The van der Waals surface area contributed by atoms with Gasteiger partial charge in [-0.05, 0) is 50.0 Å². The number of allylic oxidation sites excluding steroid dienone is 1. The van der Waals surface area contributed by atoms with E-state index < -0.39 is 0 Å². The molecule has 4 nitrogen and oxygen atoms in total. The van der Waals surface area contributed by atoms with Crippen LogP contribution in [-0.4, -0.2) is 30.9 Å². The van der Waals surface area contributed by atoms with Crippen LogP contribution in [0.5, 0.6) is 0 Å². The smallest absolute Gasteiger partial charge is 0.338 e. The first-order valence-corrected chi connectivity index (χ1v) is 8.02. The molecule has 1 aromatic carbocycles. The average Bonchev–Trinajstić information content (AvgIpc) is 2.51. The molecule has 128 valence electrons. The Balaban J connectivity index is 0.00000484. The molecule has 0 N–H and O–H groups in total. The monoisotopic (exact) mass is 379 g/mol. The third-order valence-corrected chi connectivity index (χ3v) is 3.33. The first-order valence-electron chi connectivity index (χ1n) is 7.10. The van der Waals surface area contributed by atoms with Crippen LogP contribution < -0.4 is 0 Å². The Labute approximate surface area is 152 Å². The Hall–Kier alpha value is -1.19. The third-order valence-electron chi connectivity index (χ3n) is 2.74. The average molecular weight is 381 g/mol. The van der Waals surface area contributed by atoms with Crippen molar-refractivity contribution >= 4 is 53.0 Å². The molecule has 1 aromatic rings. The van der Waals surface area contributed by atoms with Gasteiger partial charge in [0.15, 0.2) is 0 Å². The quantitative estimate of drug-likeness (QED) is 0.277. The molecular formula is C16H20Cl3NO3. The molecule has 0 heterocycles. The number of nitrogens with zero attached hydrogens (tertiary/aromatic N) is 1. The minimum Gasteiger partial charge on any atom is -0.462 e. The molecule has 1 rings (SSSR count). The number of alkyl halides is 1. The third kappa shape index (κ3) is 7.28. The normalized spacial score (nSPS) is 9.39. The summed E-state index contributed by atoms with van der Waals surface area (Å²) in [6.07, 6.45) is 1.37. The fraction of sp³-hybridized carbons (Fsp3) is 0.438. The predicted molar refractivity (Wildman–Crippen MR) is 97.1 cm³/mol. The first-order chi connectivity index (χ1) is 10.6. The van der Waals surface area contributed by atoms with Crippen molar-refractivity contribution in [1.29, 1.82) is 0 Å². The van der Waals surface area contributed by atoms with E-state index in [1.807, 2.05) is 6.92 Å². The van der Waals surface area contributed by atoms with Crippen LogP contribution in [0.3, 0.4) is 0 Å². The summed E-state index contributed by atoms with van der Waals surface area (Å²) in [7, 11) is 0. The highest BCUT2D eigenvalue weighted by Gasteiger charge is 2.13. The molecule has 0 unspecified atom stereocenters. The van der Waals surface area contributed by atoms with Gasteiger partial charge in [0.2, 0.25) is 0 Å². The predicted octanol–water partition coefficient (Wildman–Crippen LogP) is 4.96. The summed E-state index contributed by atoms with van der Waals surface area (Å²) in [5.74, 6) is 2.95. The zero-order valence-corrected chi connectivity index (χ0v) is 15.4. The number of halogens is 3. The van der Waals surface area contributed by atoms with E-state index in [0.29, 0.717) is 41.7 Å². The molecule has 0 fully saturated rings. The van der Waals surface area contributed by atoms with Gasteiger partial charge in [-0.1, -0.05) is 11.6 Å². The Morgan fingerprint density at radius 3 is 2.65 bits per heavy atom. The molecule has 0 aliphatic rings. The summed E-state index contributed by atoms with van der Waals surface area (Å²) in [5, 5.41) is 4.28. The number of esters is 1. The Bertz CT molecular complexity index is 570. The fourth-order valence-electron chi connectivity index (χ4n) is 1.74. The van der Waals surface area contributed by atoms with Crippen LogP contribution in [0.1, 0.15) is 42.6 Å². The van der Waals surface area contributed by atoms with Gasteiger partial charge in [0.1, 0.15) is 6.61 Å². The second-order valence-corrected chi connectivity index (χ2v) is 5.09. The second-order valence-electron chi connectivity index (χ2n) is 4.31. The van der Waals surface area contributed by atoms with E-state index in [1.165, 1.54) is 0 Å². The molecule has 0 aliphatic heterocycles. The summed E-state index contributed by atoms with van der Waals surface area (Å²) in [5.41, 5.74) is 1.86. The summed E-state index contributed by atoms with van der Waals surface area (Å²) >= 11 is 12.0. The van der Waals surface area contributed by atoms with E-state index in [-0.39, 0.29) is 18.4 Å². The summed E-state index contributed by atoms with van der Waals surface area (Å²) in [6.45, 7) is 4.36. The molecule has 0 bridgehead atoms. The maximum absolute atomic E-state index is 11.8. The van der Waals surface area contributed by atoms with E-state index >= 15 is 0 Å². The Kier molecular flexibility index (Phi) is 11.6. The maximum Gasteiger partial charge on any atom is 0.338 e. The van der Waals surface area contributed by atoms with Gasteiger partial charge < -0.3 is 9.57 Å². The van der Waals surface area contributed by atoms with Crippen LogP contribution >= 0.6 is 35.6 Å². The van der Waals surface area contributed by atoms with Gasteiger partial charge in [0.25, 0.3) is 0 Å². The lowest BCUT2D eigenvalue weighted by Crippen LogP contribution is -2.05. The topological polar surface area (TPSA) is 47.9 Å². The van der Waals surface area contributed by atoms with E-state index in [4.69, 9.17) is 32.8 Å². The van der Waals surface area contributed by atoms with Crippen LogP contribution in [0, 0.1) is 0 Å². The highest BCUT2D eigenvalue weighted by atomic mass is 35.5. The lowest BCUT2D eigenvalue weighted by Gasteiger charge is -2.09. The molecule has 23 heavy (non-hydrogen) atoms. The maximum atomic E-state index is 11.8. The zero-order chi connectivity index (χ0) is 16.4. The fourth-order valence-corrected chi connectivity index (χ4v) is 2.11. The van der Waals surface area contributed by atoms with Crippen LogP contribution in [-0.2, 0) is 9.57 Å². The SMILES string of the molecule is CCON=C=C(CCCCl)c1cc(C(=O)OCC)ccc1Cl.Cl. The van der Waals surface area contributed by atoms with E-state index in [9.17, 15) is 4.79 Å². The highest BCUT2D eigenvalue weighted by molar-refractivity contribution is 6.33. The number of rotatable bonds is 8. The Morgan fingerprint density at radius 2 is 2.04 bits per heavy atom. The lowest BCUT2D eigenvalue weighted by atomic mass is 10.0. The van der Waals surface area contributed by atoms with Gasteiger partial charge in [-0.3, -0.25) is 0 Å². The van der Waals surface area contributed by atoms with Gasteiger partial charge >= 0.3 is 5.97 Å². The van der Waals surface area contributed by atoms with Crippen molar-refractivity contribution in [2.75, 3.05) is 19.1 Å². The number of hydrogen-bond acceptors (Lipinski definition) is 4. The van der Waals surface area contributed by atoms with Gasteiger partial charge in [-0.2, -0.15) is 0 Å². The van der Waals surface area contributed by atoms with Crippen molar-refractivity contribution in [3.05, 3.63) is 34.3 Å². The van der Waals surface area contributed by atoms with Crippen LogP contribution in [0.2, 0.25) is 5.02 Å². The van der Waals surface area contributed by atoms with Gasteiger partial charge in [0.05, 0.1) is 12.2 Å². The molecule has 0 radical (unpaired) electrons. The molecule has 0 amide bonds. The number of hydrogen-bond donors (Lipinski definition) is 0. The molecule has 0 saturated carbocycles. The van der Waals surface area contributed by atoms with Crippen LogP contribution in [0.4, 0.5) is 0 Å². The van der Waals surface area contributed by atoms with Crippen LogP contribution in [0.25, 0.3) is 5.57 Å². The number of benzene rings is 1. The molecular weight excluding hydrogens is 361 g/mol. The molecule has 0 spiro atoms. The van der Waals surface area contributed by atoms with Gasteiger partial charge in [0, 0.05) is 27.9 Å². The van der Waals surface area contributed by atoms with Crippen molar-refractivity contribution in [1.82, 2.24) is 0 Å². The molecule has 0 aromatic heterocycles. The van der Waals surface area contributed by atoms with Crippen molar-refractivity contribution in [3.63, 3.8) is 0 Å². The van der Waals surface area contributed by atoms with Gasteiger partial charge in [-0.15, -0.1) is 24.0 Å². The molecule has 0 atom stereocenters. The standard InChI is InChI=1S/C16H19Cl2NO3.ClH/c1-3-21-16(20)12-7-8-15(18)14(10-12)13(6-5-9-17)11-19-22-4-2;/h7-8,10H,3-6,9H2,1-2H3;1H. The summed E-state index contributed by atoms with van der Waals surface area (Å²) in [6, 6.07) is 4.97.